The van der Waals surface area contributed by atoms with Gasteiger partial charge in [-0.15, -0.1) is 0 Å². The molecule has 22 heavy (non-hydrogen) atoms. The molecule has 1 aromatic carbocycles. The van der Waals surface area contributed by atoms with Gasteiger partial charge in [0.05, 0.1) is 18.8 Å². The summed E-state index contributed by atoms with van der Waals surface area (Å²) in [6.07, 6.45) is 1.21. The van der Waals surface area contributed by atoms with Gasteiger partial charge >= 0.3 is 6.03 Å². The number of benzene rings is 1. The highest BCUT2D eigenvalue weighted by molar-refractivity contribution is 5.75. The average molecular weight is 306 g/mol. The van der Waals surface area contributed by atoms with E-state index in [-0.39, 0.29) is 18.1 Å². The fraction of sp³-hybridized carbons (Fsp3) is 0.588. The molecule has 2 unspecified atom stereocenters. The van der Waals surface area contributed by atoms with Gasteiger partial charge in [0.1, 0.15) is 5.75 Å². The Balaban J connectivity index is 2.13. The number of para-hydroxylation sites is 1. The number of hydrogen-bond donors (Lipinski definition) is 2. The van der Waals surface area contributed by atoms with E-state index < -0.39 is 6.10 Å². The molecular formula is C17H26N2O3. The lowest BCUT2D eigenvalue weighted by Gasteiger charge is -2.30. The van der Waals surface area contributed by atoms with Gasteiger partial charge in [0.25, 0.3) is 0 Å². The highest BCUT2D eigenvalue weighted by Gasteiger charge is 2.25. The van der Waals surface area contributed by atoms with Crippen LogP contribution >= 0.6 is 0 Å². The lowest BCUT2D eigenvalue weighted by atomic mass is 10.0. The molecule has 0 saturated heterocycles. The smallest absolute Gasteiger partial charge is 0.318 e. The van der Waals surface area contributed by atoms with Crippen molar-refractivity contribution in [2.45, 2.75) is 51.8 Å². The van der Waals surface area contributed by atoms with Crippen molar-refractivity contribution >= 4 is 6.03 Å². The van der Waals surface area contributed by atoms with Crippen LogP contribution in [0.15, 0.2) is 24.3 Å². The van der Waals surface area contributed by atoms with E-state index >= 15 is 0 Å². The fourth-order valence-corrected chi connectivity index (χ4v) is 2.72. The van der Waals surface area contributed by atoms with Crippen molar-refractivity contribution in [3.63, 3.8) is 0 Å². The monoisotopic (exact) mass is 306 g/mol. The molecule has 0 bridgehead atoms. The van der Waals surface area contributed by atoms with Crippen LogP contribution in [0, 0.1) is 0 Å². The Labute approximate surface area is 132 Å². The zero-order valence-electron chi connectivity index (χ0n) is 13.6. The standard InChI is InChI=1S/C17H26N2O3/c1-12(2)19(11-13(3)20)17(21)18-15-8-6-10-22-16-9-5-4-7-14(15)16/h4-5,7,9,12-13,15,20H,6,8,10-11H2,1-3H3,(H,18,21). The summed E-state index contributed by atoms with van der Waals surface area (Å²) in [7, 11) is 0. The molecule has 1 aliphatic rings. The van der Waals surface area contributed by atoms with Crippen molar-refractivity contribution in [3.05, 3.63) is 29.8 Å². The van der Waals surface area contributed by atoms with Crippen molar-refractivity contribution in [1.29, 1.82) is 0 Å². The summed E-state index contributed by atoms with van der Waals surface area (Å²) in [6, 6.07) is 7.68. The number of nitrogens with zero attached hydrogens (tertiary/aromatic N) is 1. The lowest BCUT2D eigenvalue weighted by Crippen LogP contribution is -2.47. The summed E-state index contributed by atoms with van der Waals surface area (Å²) in [5.41, 5.74) is 1.02. The maximum atomic E-state index is 12.6. The van der Waals surface area contributed by atoms with Gasteiger partial charge in [0.15, 0.2) is 0 Å². The van der Waals surface area contributed by atoms with Gasteiger partial charge in [-0.05, 0) is 39.7 Å². The Morgan fingerprint density at radius 1 is 1.41 bits per heavy atom. The molecule has 0 aliphatic carbocycles. The Bertz CT molecular complexity index is 502. The van der Waals surface area contributed by atoms with Crippen LogP contribution in [0.4, 0.5) is 4.79 Å². The molecule has 1 aliphatic heterocycles. The maximum Gasteiger partial charge on any atom is 0.318 e. The van der Waals surface area contributed by atoms with E-state index in [2.05, 4.69) is 5.32 Å². The van der Waals surface area contributed by atoms with Crippen molar-refractivity contribution in [1.82, 2.24) is 10.2 Å². The number of amides is 2. The summed E-state index contributed by atoms with van der Waals surface area (Å²) < 4.78 is 5.73. The number of rotatable bonds is 4. The molecule has 5 nitrogen and oxygen atoms in total. The normalized spacial score (nSPS) is 18.9. The summed E-state index contributed by atoms with van der Waals surface area (Å²) in [5.74, 6) is 0.844. The Morgan fingerprint density at radius 3 is 2.82 bits per heavy atom. The van der Waals surface area contributed by atoms with Crippen LogP contribution in [-0.2, 0) is 0 Å². The highest BCUT2D eigenvalue weighted by atomic mass is 16.5. The van der Waals surface area contributed by atoms with Crippen molar-refractivity contribution in [3.8, 4) is 5.75 Å². The number of hydrogen-bond acceptors (Lipinski definition) is 3. The molecule has 1 aromatic rings. The van der Waals surface area contributed by atoms with Crippen LogP contribution in [0.3, 0.4) is 0 Å². The largest absolute Gasteiger partial charge is 0.493 e. The molecule has 2 N–H and O–H groups in total. The predicted octanol–water partition coefficient (Wildman–Crippen LogP) is 2.70. The zero-order chi connectivity index (χ0) is 16.1. The molecule has 5 heteroatoms. The first-order chi connectivity index (χ1) is 10.5. The van der Waals surface area contributed by atoms with Gasteiger partial charge < -0.3 is 20.1 Å². The second-order valence-corrected chi connectivity index (χ2v) is 6.13. The molecule has 0 fully saturated rings. The number of urea groups is 1. The molecular weight excluding hydrogens is 280 g/mol. The quantitative estimate of drug-likeness (QED) is 0.899. The summed E-state index contributed by atoms with van der Waals surface area (Å²) in [5, 5.41) is 12.7. The maximum absolute atomic E-state index is 12.6. The van der Waals surface area contributed by atoms with Gasteiger partial charge in [-0.2, -0.15) is 0 Å². The summed E-state index contributed by atoms with van der Waals surface area (Å²) in [6.45, 7) is 6.59. The third-order valence-electron chi connectivity index (χ3n) is 3.83. The van der Waals surface area contributed by atoms with E-state index in [9.17, 15) is 9.90 Å². The van der Waals surface area contributed by atoms with E-state index in [1.165, 1.54) is 0 Å². The second-order valence-electron chi connectivity index (χ2n) is 6.13. The fourth-order valence-electron chi connectivity index (χ4n) is 2.72. The van der Waals surface area contributed by atoms with Gasteiger partial charge in [0, 0.05) is 18.2 Å². The highest BCUT2D eigenvalue weighted by Crippen LogP contribution is 2.31. The number of carbonyl (C=O) groups excluding carboxylic acids is 1. The minimum Gasteiger partial charge on any atom is -0.493 e. The van der Waals surface area contributed by atoms with Crippen LogP contribution in [-0.4, -0.2) is 41.3 Å². The Kier molecular flexibility index (Phi) is 5.66. The topological polar surface area (TPSA) is 61.8 Å². The van der Waals surface area contributed by atoms with Crippen LogP contribution in [0.25, 0.3) is 0 Å². The molecule has 0 aromatic heterocycles. The van der Waals surface area contributed by atoms with Gasteiger partial charge in [-0.3, -0.25) is 0 Å². The first kappa shape index (κ1) is 16.6. The molecule has 2 amide bonds. The van der Waals surface area contributed by atoms with E-state index in [0.29, 0.717) is 13.2 Å². The summed E-state index contributed by atoms with van der Waals surface area (Å²) in [4.78, 5) is 14.2. The molecule has 2 atom stereocenters. The van der Waals surface area contributed by atoms with Crippen LogP contribution in [0.5, 0.6) is 5.75 Å². The second kappa shape index (κ2) is 7.49. The minimum atomic E-state index is -0.544. The average Bonchev–Trinajstić information content (AvgIpc) is 2.67. The molecule has 2 rings (SSSR count). The van der Waals surface area contributed by atoms with Crippen molar-refractivity contribution < 1.29 is 14.6 Å². The number of aliphatic hydroxyl groups is 1. The molecule has 0 radical (unpaired) electrons. The van der Waals surface area contributed by atoms with E-state index in [1.807, 2.05) is 38.1 Å². The lowest BCUT2D eigenvalue weighted by molar-refractivity contribution is 0.117. The SMILES string of the molecule is CC(O)CN(C(=O)NC1CCCOc2ccccc21)C(C)C. The molecule has 122 valence electrons. The third-order valence-corrected chi connectivity index (χ3v) is 3.83. The van der Waals surface area contributed by atoms with E-state index in [0.717, 1.165) is 24.2 Å². The predicted molar refractivity (Wildman–Crippen MR) is 86.0 cm³/mol. The molecule has 1 heterocycles. The van der Waals surface area contributed by atoms with Crippen LogP contribution in [0.2, 0.25) is 0 Å². The third kappa shape index (κ3) is 4.13. The minimum absolute atomic E-state index is 0.0341. The Morgan fingerprint density at radius 2 is 2.14 bits per heavy atom. The van der Waals surface area contributed by atoms with Gasteiger partial charge in [-0.1, -0.05) is 18.2 Å². The summed E-state index contributed by atoms with van der Waals surface area (Å²) >= 11 is 0. The number of fused-ring (bicyclic) bond motifs is 1. The van der Waals surface area contributed by atoms with Crippen molar-refractivity contribution in [2.75, 3.05) is 13.2 Å². The molecule has 0 saturated carbocycles. The first-order valence-electron chi connectivity index (χ1n) is 7.96. The Hall–Kier alpha value is -1.75. The van der Waals surface area contributed by atoms with Gasteiger partial charge in [0.2, 0.25) is 0 Å². The van der Waals surface area contributed by atoms with E-state index in [1.54, 1.807) is 11.8 Å². The van der Waals surface area contributed by atoms with Crippen LogP contribution < -0.4 is 10.1 Å². The number of carbonyl (C=O) groups is 1. The zero-order valence-corrected chi connectivity index (χ0v) is 13.6. The number of ether oxygens (including phenoxy) is 1. The van der Waals surface area contributed by atoms with Crippen molar-refractivity contribution in [2.24, 2.45) is 0 Å². The van der Waals surface area contributed by atoms with E-state index in [4.69, 9.17) is 4.74 Å². The number of nitrogens with one attached hydrogen (secondary N) is 1. The first-order valence-corrected chi connectivity index (χ1v) is 7.96. The van der Waals surface area contributed by atoms with Crippen LogP contribution in [0.1, 0.15) is 45.2 Å². The number of aliphatic hydroxyl groups excluding tert-OH is 1. The van der Waals surface area contributed by atoms with Gasteiger partial charge in [-0.25, -0.2) is 4.79 Å². The molecule has 0 spiro atoms.